The summed E-state index contributed by atoms with van der Waals surface area (Å²) in [5.74, 6) is -0.291. The van der Waals surface area contributed by atoms with Crippen molar-refractivity contribution in [3.63, 3.8) is 0 Å². The van der Waals surface area contributed by atoms with Gasteiger partial charge in [0, 0.05) is 30.7 Å². The molecule has 0 bridgehead atoms. The summed E-state index contributed by atoms with van der Waals surface area (Å²) in [4.78, 5) is 6.92. The number of benzene rings is 1. The number of aliphatic hydroxyl groups is 1. The van der Waals surface area contributed by atoms with Crippen molar-refractivity contribution in [3.8, 4) is 0 Å². The van der Waals surface area contributed by atoms with Gasteiger partial charge in [-0.3, -0.25) is 9.88 Å². The second-order valence-corrected chi connectivity index (χ2v) is 8.04. The maximum atomic E-state index is 13.4. The number of aromatic nitrogens is 1. The summed E-state index contributed by atoms with van der Waals surface area (Å²) < 4.78 is 45.7. The van der Waals surface area contributed by atoms with Gasteiger partial charge in [0.25, 0.3) is 0 Å². The van der Waals surface area contributed by atoms with E-state index >= 15 is 0 Å². The Morgan fingerprint density at radius 3 is 2.55 bits per heavy atom. The number of alkyl halides is 3. The Morgan fingerprint density at radius 2 is 1.90 bits per heavy atom. The van der Waals surface area contributed by atoms with E-state index in [2.05, 4.69) is 15.2 Å². The first-order valence-corrected chi connectivity index (χ1v) is 9.90. The van der Waals surface area contributed by atoms with Gasteiger partial charge >= 0.3 is 6.18 Å². The molecule has 29 heavy (non-hydrogen) atoms. The fourth-order valence-electron chi connectivity index (χ4n) is 3.63. The molecule has 1 aromatic heterocycles. The molecule has 0 saturated carbocycles. The molecule has 5 nitrogen and oxygen atoms in total. The Hall–Kier alpha value is -1.90. The molecule has 2 N–H and O–H groups in total. The van der Waals surface area contributed by atoms with Gasteiger partial charge in [0.15, 0.2) is 5.60 Å². The highest BCUT2D eigenvalue weighted by Crippen LogP contribution is 2.36. The molecule has 160 valence electrons. The van der Waals surface area contributed by atoms with Crippen LogP contribution < -0.4 is 5.32 Å². The third-order valence-corrected chi connectivity index (χ3v) is 5.12. The van der Waals surface area contributed by atoms with E-state index in [-0.39, 0.29) is 12.3 Å². The molecule has 1 aliphatic heterocycles. The van der Waals surface area contributed by atoms with E-state index in [1.54, 1.807) is 26.0 Å². The van der Waals surface area contributed by atoms with Crippen LogP contribution in [0.4, 0.5) is 18.9 Å². The van der Waals surface area contributed by atoms with Crippen LogP contribution in [0.1, 0.15) is 26.0 Å². The average Bonchev–Trinajstić information content (AvgIpc) is 2.65. The quantitative estimate of drug-likeness (QED) is 0.726. The Morgan fingerprint density at radius 1 is 1.17 bits per heavy atom. The Balaban J connectivity index is 1.77. The number of hydrogen-bond acceptors (Lipinski definition) is 5. The lowest BCUT2D eigenvalue weighted by Gasteiger charge is -2.32. The van der Waals surface area contributed by atoms with E-state index in [0.717, 1.165) is 24.2 Å². The van der Waals surface area contributed by atoms with Crippen LogP contribution in [0.3, 0.4) is 0 Å². The van der Waals surface area contributed by atoms with E-state index in [1.807, 2.05) is 18.2 Å². The molecule has 1 unspecified atom stereocenters. The number of ether oxygens (including phenoxy) is 1. The zero-order chi connectivity index (χ0) is 21.1. The van der Waals surface area contributed by atoms with E-state index in [4.69, 9.17) is 4.74 Å². The number of morpholine rings is 1. The van der Waals surface area contributed by atoms with Crippen LogP contribution in [-0.2, 0) is 11.3 Å². The maximum absolute atomic E-state index is 13.4. The maximum Gasteiger partial charge on any atom is 0.418 e. The molecular formula is C21H28F3N3O2. The van der Waals surface area contributed by atoms with Crippen LogP contribution in [0.25, 0.3) is 10.9 Å². The van der Waals surface area contributed by atoms with Crippen molar-refractivity contribution in [1.82, 2.24) is 9.88 Å². The van der Waals surface area contributed by atoms with Gasteiger partial charge in [0.2, 0.25) is 0 Å². The fraction of sp³-hybridized carbons (Fsp3) is 0.571. The van der Waals surface area contributed by atoms with Crippen LogP contribution in [0, 0.1) is 5.92 Å². The van der Waals surface area contributed by atoms with Crippen molar-refractivity contribution >= 4 is 16.6 Å². The minimum Gasteiger partial charge on any atom is -0.381 e. The third kappa shape index (κ3) is 5.38. The third-order valence-electron chi connectivity index (χ3n) is 5.12. The van der Waals surface area contributed by atoms with E-state index < -0.39 is 18.3 Å². The lowest BCUT2D eigenvalue weighted by molar-refractivity contribution is -0.259. The number of pyridine rings is 1. The number of halogens is 3. The van der Waals surface area contributed by atoms with E-state index in [9.17, 15) is 18.3 Å². The monoisotopic (exact) mass is 411 g/mol. The number of nitrogens with one attached hydrogen (secondary N) is 1. The molecule has 2 aromatic rings. The normalized spacial score (nSPS) is 18.2. The summed E-state index contributed by atoms with van der Waals surface area (Å²) in [7, 11) is 0. The predicted molar refractivity (Wildman–Crippen MR) is 107 cm³/mol. The Labute approximate surface area is 168 Å². The van der Waals surface area contributed by atoms with E-state index in [0.29, 0.717) is 31.0 Å². The summed E-state index contributed by atoms with van der Waals surface area (Å²) in [6.45, 7) is 6.55. The van der Waals surface area contributed by atoms with Crippen molar-refractivity contribution in [1.29, 1.82) is 0 Å². The number of hydrogen-bond donors (Lipinski definition) is 2. The first-order chi connectivity index (χ1) is 13.7. The zero-order valence-electron chi connectivity index (χ0n) is 16.8. The van der Waals surface area contributed by atoms with Crippen LogP contribution in [0.5, 0.6) is 0 Å². The van der Waals surface area contributed by atoms with Crippen molar-refractivity contribution in [2.24, 2.45) is 5.92 Å². The van der Waals surface area contributed by atoms with Crippen molar-refractivity contribution in [2.45, 2.75) is 38.6 Å². The van der Waals surface area contributed by atoms with Gasteiger partial charge in [-0.1, -0.05) is 19.9 Å². The van der Waals surface area contributed by atoms with Gasteiger partial charge < -0.3 is 15.2 Å². The lowest BCUT2D eigenvalue weighted by atomic mass is 9.91. The van der Waals surface area contributed by atoms with Crippen LogP contribution in [0.15, 0.2) is 30.3 Å². The number of fused-ring (bicyclic) bond motifs is 1. The summed E-state index contributed by atoms with van der Waals surface area (Å²) >= 11 is 0. The molecule has 1 saturated heterocycles. The highest BCUT2D eigenvalue weighted by molar-refractivity contribution is 5.91. The first kappa shape index (κ1) is 21.8. The molecule has 2 heterocycles. The summed E-state index contributed by atoms with van der Waals surface area (Å²) in [5, 5.41) is 13.8. The number of rotatable bonds is 7. The van der Waals surface area contributed by atoms with Gasteiger partial charge in [-0.05, 0) is 36.6 Å². The second kappa shape index (κ2) is 8.85. The average molecular weight is 411 g/mol. The second-order valence-electron chi connectivity index (χ2n) is 8.04. The van der Waals surface area contributed by atoms with Crippen molar-refractivity contribution in [3.05, 3.63) is 36.0 Å². The predicted octanol–water partition coefficient (Wildman–Crippen LogP) is 3.82. The molecule has 1 atom stereocenters. The molecule has 0 aliphatic carbocycles. The molecule has 0 radical (unpaired) electrons. The molecule has 3 rings (SSSR count). The fourth-order valence-corrected chi connectivity index (χ4v) is 3.63. The minimum atomic E-state index is -4.71. The van der Waals surface area contributed by atoms with Gasteiger partial charge in [-0.15, -0.1) is 0 Å². The van der Waals surface area contributed by atoms with Gasteiger partial charge in [0.1, 0.15) is 0 Å². The van der Waals surface area contributed by atoms with Crippen LogP contribution in [0.2, 0.25) is 0 Å². The smallest absolute Gasteiger partial charge is 0.381 e. The standard InChI is InChI=1S/C21H28F3N3O2/c1-15(2)12-20(28,21(22,23)24)14-25-18-4-3-5-19-17(18)7-6-16(26-19)13-27-8-10-29-11-9-27/h3-7,15,25,28H,8-14H2,1-2H3. The van der Waals surface area contributed by atoms with Crippen molar-refractivity contribution in [2.75, 3.05) is 38.2 Å². The summed E-state index contributed by atoms with van der Waals surface area (Å²) in [6.07, 6.45) is -5.07. The number of nitrogens with zero attached hydrogens (tertiary/aromatic N) is 2. The molecule has 0 amide bonds. The molecular weight excluding hydrogens is 383 g/mol. The first-order valence-electron chi connectivity index (χ1n) is 9.90. The lowest BCUT2D eigenvalue weighted by Crippen LogP contribution is -2.51. The molecule has 8 heteroatoms. The van der Waals surface area contributed by atoms with Crippen LogP contribution >= 0.6 is 0 Å². The Kier molecular flexibility index (Phi) is 6.65. The largest absolute Gasteiger partial charge is 0.418 e. The highest BCUT2D eigenvalue weighted by Gasteiger charge is 2.53. The highest BCUT2D eigenvalue weighted by atomic mass is 19.4. The molecule has 1 aromatic carbocycles. The van der Waals surface area contributed by atoms with E-state index in [1.165, 1.54) is 0 Å². The molecule has 1 aliphatic rings. The summed E-state index contributed by atoms with van der Waals surface area (Å²) in [6, 6.07) is 9.07. The van der Waals surface area contributed by atoms with Crippen LogP contribution in [-0.4, -0.2) is 59.6 Å². The number of anilines is 1. The van der Waals surface area contributed by atoms with Gasteiger partial charge in [-0.25, -0.2) is 0 Å². The minimum absolute atomic E-state index is 0.291. The van der Waals surface area contributed by atoms with Gasteiger partial charge in [0.05, 0.1) is 31.0 Å². The molecule has 0 spiro atoms. The zero-order valence-corrected chi connectivity index (χ0v) is 16.8. The SMILES string of the molecule is CC(C)CC(O)(CNc1cccc2nc(CN3CCOCC3)ccc12)C(F)(F)F. The van der Waals surface area contributed by atoms with Crippen molar-refractivity contribution < 1.29 is 23.0 Å². The molecule has 1 fully saturated rings. The topological polar surface area (TPSA) is 57.6 Å². The van der Waals surface area contributed by atoms with Gasteiger partial charge in [-0.2, -0.15) is 13.2 Å². The Bertz CT molecular complexity index is 822. The summed E-state index contributed by atoms with van der Waals surface area (Å²) in [5.41, 5.74) is -0.643.